The van der Waals surface area contributed by atoms with Gasteiger partial charge in [-0.05, 0) is 30.5 Å². The largest absolute Gasteiger partial charge is 0.384 e. The predicted molar refractivity (Wildman–Crippen MR) is 71.6 cm³/mol. The fraction of sp³-hybridized carbons (Fsp3) is 0.500. The van der Waals surface area contributed by atoms with E-state index >= 15 is 0 Å². The highest BCUT2D eigenvalue weighted by Crippen LogP contribution is 2.20. The first-order chi connectivity index (χ1) is 8.12. The van der Waals surface area contributed by atoms with E-state index in [9.17, 15) is 4.39 Å². The third-order valence-corrected chi connectivity index (χ3v) is 3.22. The lowest BCUT2D eigenvalue weighted by atomic mass is 10.0. The summed E-state index contributed by atoms with van der Waals surface area (Å²) in [5.74, 6) is 0.376. The van der Waals surface area contributed by atoms with Gasteiger partial charge in [0.25, 0.3) is 0 Å². The van der Waals surface area contributed by atoms with Gasteiger partial charge in [0.2, 0.25) is 0 Å². The molecular weight excluding hydrogens is 215 g/mol. The van der Waals surface area contributed by atoms with E-state index in [-0.39, 0.29) is 5.82 Å². The van der Waals surface area contributed by atoms with Gasteiger partial charge in [0.05, 0.1) is 0 Å². The topological polar surface area (TPSA) is 35.9 Å². The van der Waals surface area contributed by atoms with Gasteiger partial charge in [-0.15, -0.1) is 0 Å². The molecule has 3 heteroatoms. The number of rotatable bonds is 6. The molecular formula is C14H21FN2. The summed E-state index contributed by atoms with van der Waals surface area (Å²) >= 11 is 0. The van der Waals surface area contributed by atoms with E-state index in [2.05, 4.69) is 19.2 Å². The maximum absolute atomic E-state index is 13.5. The van der Waals surface area contributed by atoms with Crippen LogP contribution in [-0.2, 0) is 0 Å². The number of aryl methyl sites for hydroxylation is 1. The van der Waals surface area contributed by atoms with Gasteiger partial charge in [-0.2, -0.15) is 0 Å². The number of nitrogens with one attached hydrogen (secondary N) is 2. The summed E-state index contributed by atoms with van der Waals surface area (Å²) in [6, 6.07) is 3.19. The molecule has 0 heterocycles. The first-order valence-electron chi connectivity index (χ1n) is 6.16. The molecule has 0 atom stereocenters. The molecule has 0 bridgehead atoms. The van der Waals surface area contributed by atoms with E-state index in [0.717, 1.165) is 30.6 Å². The van der Waals surface area contributed by atoms with Crippen molar-refractivity contribution in [2.75, 3.05) is 11.9 Å². The summed E-state index contributed by atoms with van der Waals surface area (Å²) in [7, 11) is 0. The highest BCUT2D eigenvalue weighted by Gasteiger charge is 2.08. The Morgan fingerprint density at radius 3 is 2.53 bits per heavy atom. The Hall–Kier alpha value is -1.38. The van der Waals surface area contributed by atoms with Crippen molar-refractivity contribution in [1.82, 2.24) is 0 Å². The van der Waals surface area contributed by atoms with Gasteiger partial charge in [-0.1, -0.05) is 26.7 Å². The van der Waals surface area contributed by atoms with Gasteiger partial charge in [-0.3, -0.25) is 0 Å². The molecule has 0 unspecified atom stereocenters. The van der Waals surface area contributed by atoms with Crippen LogP contribution in [0.5, 0.6) is 0 Å². The molecule has 0 radical (unpaired) electrons. The second-order valence-corrected chi connectivity index (χ2v) is 4.40. The zero-order valence-electron chi connectivity index (χ0n) is 10.8. The van der Waals surface area contributed by atoms with E-state index < -0.39 is 0 Å². The Kier molecular flexibility index (Phi) is 5.13. The second kappa shape index (κ2) is 6.38. The van der Waals surface area contributed by atoms with Crippen LogP contribution < -0.4 is 5.32 Å². The van der Waals surface area contributed by atoms with Crippen LogP contribution in [0.4, 0.5) is 10.1 Å². The van der Waals surface area contributed by atoms with Crippen molar-refractivity contribution in [3.63, 3.8) is 0 Å². The van der Waals surface area contributed by atoms with E-state index in [0.29, 0.717) is 11.5 Å². The molecule has 0 aliphatic carbocycles. The molecule has 0 aliphatic rings. The molecule has 0 saturated heterocycles. The predicted octanol–water partition coefficient (Wildman–Crippen LogP) is 3.98. The Morgan fingerprint density at radius 1 is 1.35 bits per heavy atom. The SMILES string of the molecule is CCC(CC)CNc1cc(F)c(C)cc1C=N. The molecule has 2 nitrogen and oxygen atoms in total. The number of hydrogen-bond donors (Lipinski definition) is 2. The Labute approximate surface area is 103 Å². The van der Waals surface area contributed by atoms with Crippen molar-refractivity contribution >= 4 is 11.9 Å². The van der Waals surface area contributed by atoms with Crippen molar-refractivity contribution in [2.24, 2.45) is 5.92 Å². The summed E-state index contributed by atoms with van der Waals surface area (Å²) in [5, 5.41) is 10.6. The quantitative estimate of drug-likeness (QED) is 0.720. The lowest BCUT2D eigenvalue weighted by Gasteiger charge is -2.16. The van der Waals surface area contributed by atoms with Crippen molar-refractivity contribution in [3.8, 4) is 0 Å². The zero-order valence-corrected chi connectivity index (χ0v) is 10.8. The molecule has 0 aromatic heterocycles. The van der Waals surface area contributed by atoms with Crippen LogP contribution in [0.1, 0.15) is 37.8 Å². The molecule has 0 amide bonds. The van der Waals surface area contributed by atoms with Crippen LogP contribution in [0, 0.1) is 24.1 Å². The third kappa shape index (κ3) is 3.55. The molecule has 17 heavy (non-hydrogen) atoms. The molecule has 1 aromatic rings. The monoisotopic (exact) mass is 236 g/mol. The fourth-order valence-corrected chi connectivity index (χ4v) is 1.81. The number of hydrogen-bond acceptors (Lipinski definition) is 2. The van der Waals surface area contributed by atoms with E-state index in [4.69, 9.17) is 5.41 Å². The maximum atomic E-state index is 13.5. The van der Waals surface area contributed by atoms with Crippen LogP contribution in [-0.4, -0.2) is 12.8 Å². The summed E-state index contributed by atoms with van der Waals surface area (Å²) in [4.78, 5) is 0. The van der Waals surface area contributed by atoms with Crippen molar-refractivity contribution in [1.29, 1.82) is 5.41 Å². The highest BCUT2D eigenvalue weighted by molar-refractivity contribution is 5.86. The standard InChI is InChI=1S/C14H21FN2/c1-4-11(5-2)9-17-14-7-13(15)10(3)6-12(14)8-16/h6-8,11,16-17H,4-5,9H2,1-3H3. The van der Waals surface area contributed by atoms with E-state index in [1.165, 1.54) is 12.3 Å². The number of halogens is 1. The Morgan fingerprint density at radius 2 is 2.00 bits per heavy atom. The molecule has 0 spiro atoms. The molecule has 0 fully saturated rings. The minimum absolute atomic E-state index is 0.220. The molecule has 0 aliphatic heterocycles. The zero-order chi connectivity index (χ0) is 12.8. The van der Waals surface area contributed by atoms with Crippen molar-refractivity contribution < 1.29 is 4.39 Å². The summed E-state index contributed by atoms with van der Waals surface area (Å²) < 4.78 is 13.5. The van der Waals surface area contributed by atoms with Crippen LogP contribution in [0.15, 0.2) is 12.1 Å². The third-order valence-electron chi connectivity index (χ3n) is 3.22. The van der Waals surface area contributed by atoms with E-state index in [1.807, 2.05) is 0 Å². The van der Waals surface area contributed by atoms with Crippen molar-refractivity contribution in [2.45, 2.75) is 33.6 Å². The van der Waals surface area contributed by atoms with Gasteiger partial charge in [0.1, 0.15) is 5.82 Å². The number of benzene rings is 1. The molecule has 1 rings (SSSR count). The van der Waals surface area contributed by atoms with Crippen LogP contribution in [0.3, 0.4) is 0 Å². The first-order valence-corrected chi connectivity index (χ1v) is 6.16. The van der Waals surface area contributed by atoms with Gasteiger partial charge in [-0.25, -0.2) is 4.39 Å². The van der Waals surface area contributed by atoms with Gasteiger partial charge in [0, 0.05) is 24.0 Å². The summed E-state index contributed by atoms with van der Waals surface area (Å²) in [5.41, 5.74) is 2.04. The minimum Gasteiger partial charge on any atom is -0.384 e. The Balaban J connectivity index is 2.82. The molecule has 1 aromatic carbocycles. The Bertz CT molecular complexity index is 384. The van der Waals surface area contributed by atoms with Crippen LogP contribution in [0.2, 0.25) is 0 Å². The second-order valence-electron chi connectivity index (χ2n) is 4.40. The average Bonchev–Trinajstić information content (AvgIpc) is 2.34. The summed E-state index contributed by atoms with van der Waals surface area (Å²) in [6.45, 7) is 6.86. The minimum atomic E-state index is -0.220. The van der Waals surface area contributed by atoms with Gasteiger partial charge in [0.15, 0.2) is 0 Å². The summed E-state index contributed by atoms with van der Waals surface area (Å²) in [6.07, 6.45) is 3.48. The van der Waals surface area contributed by atoms with E-state index in [1.54, 1.807) is 13.0 Å². The molecule has 94 valence electrons. The lowest BCUT2D eigenvalue weighted by Crippen LogP contribution is -2.14. The first kappa shape index (κ1) is 13.7. The number of anilines is 1. The maximum Gasteiger partial charge on any atom is 0.128 e. The molecule has 0 saturated carbocycles. The van der Waals surface area contributed by atoms with Crippen molar-refractivity contribution in [3.05, 3.63) is 29.1 Å². The fourth-order valence-electron chi connectivity index (χ4n) is 1.81. The smallest absolute Gasteiger partial charge is 0.128 e. The average molecular weight is 236 g/mol. The normalized spacial score (nSPS) is 10.6. The van der Waals surface area contributed by atoms with Crippen LogP contribution in [0.25, 0.3) is 0 Å². The highest BCUT2D eigenvalue weighted by atomic mass is 19.1. The van der Waals surface area contributed by atoms with Gasteiger partial charge >= 0.3 is 0 Å². The van der Waals surface area contributed by atoms with Crippen LogP contribution >= 0.6 is 0 Å². The van der Waals surface area contributed by atoms with Gasteiger partial charge < -0.3 is 10.7 Å². The molecule has 2 N–H and O–H groups in total. The lowest BCUT2D eigenvalue weighted by molar-refractivity contribution is 0.519.